The quantitative estimate of drug-likeness (QED) is 0.504. The minimum absolute atomic E-state index is 0.0686. The summed E-state index contributed by atoms with van der Waals surface area (Å²) in [6.45, 7) is 3.91. The third-order valence-electron chi connectivity index (χ3n) is 2.40. The summed E-state index contributed by atoms with van der Waals surface area (Å²) >= 11 is 0. The van der Waals surface area contributed by atoms with E-state index in [-0.39, 0.29) is 5.92 Å². The Kier molecular flexibility index (Phi) is 5.11. The lowest BCUT2D eigenvalue weighted by Gasteiger charge is -2.12. The Morgan fingerprint density at radius 2 is 1.94 bits per heavy atom. The molecular weight excluding hydrogens is 228 g/mol. The lowest BCUT2D eigenvalue weighted by Crippen LogP contribution is -2.20. The van der Waals surface area contributed by atoms with Gasteiger partial charge < -0.3 is 10.5 Å². The van der Waals surface area contributed by atoms with Crippen molar-refractivity contribution in [1.29, 1.82) is 0 Å². The van der Waals surface area contributed by atoms with E-state index in [1.165, 1.54) is 13.3 Å². The van der Waals surface area contributed by atoms with Crippen molar-refractivity contribution in [2.75, 3.05) is 7.11 Å². The molecule has 2 N–H and O–H groups in total. The number of nitrogens with two attached hydrogens (primary N) is 1. The van der Waals surface area contributed by atoms with E-state index in [1.807, 2.05) is 44.2 Å². The van der Waals surface area contributed by atoms with Crippen LogP contribution in [0.15, 0.2) is 47.1 Å². The Hall–Kier alpha value is -2.10. The molecule has 4 nitrogen and oxygen atoms in total. The van der Waals surface area contributed by atoms with Gasteiger partial charge in [0, 0.05) is 6.20 Å². The number of esters is 1. The van der Waals surface area contributed by atoms with Crippen LogP contribution in [-0.2, 0) is 9.53 Å². The Balaban J connectivity index is 3.18. The average Bonchev–Trinajstić information content (AvgIpc) is 2.39. The highest BCUT2D eigenvalue weighted by molar-refractivity contribution is 6.20. The molecule has 0 spiro atoms. The second-order valence-electron chi connectivity index (χ2n) is 4.06. The minimum Gasteiger partial charge on any atom is -0.465 e. The first-order chi connectivity index (χ1) is 8.60. The number of carbonyl (C=O) groups excluding carboxylic acids is 1. The van der Waals surface area contributed by atoms with Gasteiger partial charge in [0.05, 0.1) is 24.1 Å². The summed E-state index contributed by atoms with van der Waals surface area (Å²) in [5.41, 5.74) is 7.20. The number of para-hydroxylation sites is 1. The highest BCUT2D eigenvalue weighted by Gasteiger charge is 2.19. The van der Waals surface area contributed by atoms with Gasteiger partial charge in [-0.05, 0) is 18.1 Å². The summed E-state index contributed by atoms with van der Waals surface area (Å²) < 4.78 is 4.70. The first-order valence-electron chi connectivity index (χ1n) is 5.74. The van der Waals surface area contributed by atoms with Crippen molar-refractivity contribution >= 4 is 17.4 Å². The molecule has 0 saturated carbocycles. The zero-order chi connectivity index (χ0) is 13.5. The van der Waals surface area contributed by atoms with E-state index in [4.69, 9.17) is 10.5 Å². The number of hydrogen-bond donors (Lipinski definition) is 1. The Morgan fingerprint density at radius 3 is 2.39 bits per heavy atom. The number of hydrogen-bond acceptors (Lipinski definition) is 4. The Labute approximate surface area is 107 Å². The van der Waals surface area contributed by atoms with Crippen LogP contribution in [0.25, 0.3) is 0 Å². The maximum absolute atomic E-state index is 11.6. The highest BCUT2D eigenvalue weighted by Crippen LogP contribution is 2.17. The molecular formula is C14H18N2O2. The molecule has 0 radical (unpaired) electrons. The number of ether oxygens (including phenoxy) is 1. The van der Waals surface area contributed by atoms with Crippen molar-refractivity contribution in [2.24, 2.45) is 16.6 Å². The van der Waals surface area contributed by atoms with Crippen LogP contribution >= 0.6 is 0 Å². The molecule has 0 aliphatic heterocycles. The molecule has 18 heavy (non-hydrogen) atoms. The molecule has 1 aromatic rings. The molecule has 0 bridgehead atoms. The van der Waals surface area contributed by atoms with Gasteiger partial charge in [-0.3, -0.25) is 4.99 Å². The van der Waals surface area contributed by atoms with Crippen molar-refractivity contribution in [3.05, 3.63) is 42.1 Å². The van der Waals surface area contributed by atoms with Gasteiger partial charge in [0.25, 0.3) is 0 Å². The van der Waals surface area contributed by atoms with E-state index in [0.29, 0.717) is 11.3 Å². The van der Waals surface area contributed by atoms with Crippen molar-refractivity contribution in [1.82, 2.24) is 0 Å². The van der Waals surface area contributed by atoms with E-state index in [1.54, 1.807) is 0 Å². The van der Waals surface area contributed by atoms with Crippen molar-refractivity contribution in [2.45, 2.75) is 13.8 Å². The molecule has 0 saturated heterocycles. The zero-order valence-corrected chi connectivity index (χ0v) is 10.9. The molecule has 0 atom stereocenters. The summed E-state index contributed by atoms with van der Waals surface area (Å²) in [5, 5.41) is 0. The number of methoxy groups -OCH3 is 1. The van der Waals surface area contributed by atoms with E-state index in [2.05, 4.69) is 4.99 Å². The SMILES string of the molecule is COC(=O)/C(=C/N)C(=Nc1ccccc1)C(C)C. The van der Waals surface area contributed by atoms with Gasteiger partial charge >= 0.3 is 5.97 Å². The molecule has 4 heteroatoms. The van der Waals surface area contributed by atoms with E-state index in [9.17, 15) is 4.79 Å². The van der Waals surface area contributed by atoms with E-state index >= 15 is 0 Å². The topological polar surface area (TPSA) is 64.7 Å². The minimum atomic E-state index is -0.471. The summed E-state index contributed by atoms with van der Waals surface area (Å²) in [6.07, 6.45) is 1.24. The molecule has 0 unspecified atom stereocenters. The fourth-order valence-corrected chi connectivity index (χ4v) is 1.51. The first-order valence-corrected chi connectivity index (χ1v) is 5.74. The smallest absolute Gasteiger partial charge is 0.341 e. The van der Waals surface area contributed by atoms with Gasteiger partial charge in [-0.2, -0.15) is 0 Å². The van der Waals surface area contributed by atoms with Crippen molar-refractivity contribution < 1.29 is 9.53 Å². The van der Waals surface area contributed by atoms with Gasteiger partial charge in [-0.1, -0.05) is 32.0 Å². The molecule has 0 aliphatic carbocycles. The highest BCUT2D eigenvalue weighted by atomic mass is 16.5. The monoisotopic (exact) mass is 246 g/mol. The molecule has 96 valence electrons. The van der Waals surface area contributed by atoms with Crippen molar-refractivity contribution in [3.63, 3.8) is 0 Å². The van der Waals surface area contributed by atoms with Crippen LogP contribution < -0.4 is 5.73 Å². The van der Waals surface area contributed by atoms with Gasteiger partial charge in [-0.25, -0.2) is 4.79 Å². The second kappa shape index (κ2) is 6.59. The third kappa shape index (κ3) is 3.45. The van der Waals surface area contributed by atoms with E-state index < -0.39 is 5.97 Å². The molecule has 0 amide bonds. The number of aliphatic imine (C=N–C) groups is 1. The largest absolute Gasteiger partial charge is 0.465 e. The summed E-state index contributed by atoms with van der Waals surface area (Å²) in [7, 11) is 1.33. The fourth-order valence-electron chi connectivity index (χ4n) is 1.51. The van der Waals surface area contributed by atoms with Crippen LogP contribution in [0.3, 0.4) is 0 Å². The fraction of sp³-hybridized carbons (Fsp3) is 0.286. The van der Waals surface area contributed by atoms with Gasteiger partial charge in [0.1, 0.15) is 0 Å². The van der Waals surface area contributed by atoms with Gasteiger partial charge in [-0.15, -0.1) is 0 Å². The number of nitrogens with zero attached hydrogens (tertiary/aromatic N) is 1. The third-order valence-corrected chi connectivity index (χ3v) is 2.40. The number of carbonyl (C=O) groups is 1. The first kappa shape index (κ1) is 14.0. The average molecular weight is 246 g/mol. The van der Waals surface area contributed by atoms with Crippen LogP contribution in [0.5, 0.6) is 0 Å². The normalized spacial score (nSPS) is 12.7. The summed E-state index contributed by atoms with van der Waals surface area (Å²) in [4.78, 5) is 16.1. The predicted molar refractivity (Wildman–Crippen MR) is 72.7 cm³/mol. The van der Waals surface area contributed by atoms with Crippen LogP contribution in [-0.4, -0.2) is 18.8 Å². The molecule has 0 aromatic heterocycles. The van der Waals surface area contributed by atoms with Crippen LogP contribution in [0.4, 0.5) is 5.69 Å². The molecule has 1 aromatic carbocycles. The number of rotatable bonds is 4. The Bertz CT molecular complexity index is 462. The van der Waals surface area contributed by atoms with Gasteiger partial charge in [0.15, 0.2) is 0 Å². The molecule has 0 fully saturated rings. The van der Waals surface area contributed by atoms with Gasteiger partial charge in [0.2, 0.25) is 0 Å². The lowest BCUT2D eigenvalue weighted by atomic mass is 10.0. The van der Waals surface area contributed by atoms with Crippen molar-refractivity contribution in [3.8, 4) is 0 Å². The summed E-state index contributed by atoms with van der Waals surface area (Å²) in [5.74, 6) is -0.403. The lowest BCUT2D eigenvalue weighted by molar-refractivity contribution is -0.135. The van der Waals surface area contributed by atoms with Crippen LogP contribution in [0.2, 0.25) is 0 Å². The van der Waals surface area contributed by atoms with E-state index in [0.717, 1.165) is 5.69 Å². The maximum Gasteiger partial charge on any atom is 0.341 e. The van der Waals surface area contributed by atoms with Crippen LogP contribution in [0.1, 0.15) is 13.8 Å². The molecule has 1 rings (SSSR count). The van der Waals surface area contributed by atoms with Crippen LogP contribution in [0, 0.1) is 5.92 Å². The molecule has 0 aliphatic rings. The number of benzene rings is 1. The standard InChI is InChI=1S/C14H18N2O2/c1-10(2)13(12(9-15)14(17)18-3)16-11-7-5-4-6-8-11/h4-10H,15H2,1-3H3/b12-9+,16-13?. The summed E-state index contributed by atoms with van der Waals surface area (Å²) in [6, 6.07) is 9.43. The Morgan fingerprint density at radius 1 is 1.33 bits per heavy atom. The molecule has 0 heterocycles. The second-order valence-corrected chi connectivity index (χ2v) is 4.06. The predicted octanol–water partition coefficient (Wildman–Crippen LogP) is 2.43. The maximum atomic E-state index is 11.6. The zero-order valence-electron chi connectivity index (χ0n) is 10.9.